The molecular formula is C20H33NO. The lowest BCUT2D eigenvalue weighted by Gasteiger charge is -2.47. The summed E-state index contributed by atoms with van der Waals surface area (Å²) in [5, 5.41) is 10.7. The fourth-order valence-electron chi connectivity index (χ4n) is 3.89. The Labute approximate surface area is 136 Å². The second kappa shape index (κ2) is 8.69. The third kappa shape index (κ3) is 4.57. The summed E-state index contributed by atoms with van der Waals surface area (Å²) < 4.78 is 0. The predicted octanol–water partition coefficient (Wildman–Crippen LogP) is 4.62. The lowest BCUT2D eigenvalue weighted by Crippen LogP contribution is -2.51. The number of nitrogens with zero attached hydrogens (tertiary/aromatic N) is 1. The van der Waals surface area contributed by atoms with E-state index in [1.807, 2.05) is 0 Å². The van der Waals surface area contributed by atoms with Gasteiger partial charge in [0.05, 0.1) is 6.10 Å². The highest BCUT2D eigenvalue weighted by Gasteiger charge is 2.41. The Morgan fingerprint density at radius 3 is 2.32 bits per heavy atom. The summed E-state index contributed by atoms with van der Waals surface area (Å²) in [5.41, 5.74) is 1.51. The van der Waals surface area contributed by atoms with Gasteiger partial charge in [-0.25, -0.2) is 0 Å². The molecule has 1 heterocycles. The Kier molecular flexibility index (Phi) is 6.91. The zero-order chi connectivity index (χ0) is 15.8. The zero-order valence-corrected chi connectivity index (χ0v) is 14.4. The fourth-order valence-corrected chi connectivity index (χ4v) is 3.89. The molecule has 1 aliphatic heterocycles. The third-order valence-electron chi connectivity index (χ3n) is 5.27. The molecule has 2 rings (SSSR count). The Morgan fingerprint density at radius 2 is 1.73 bits per heavy atom. The number of likely N-dealkylation sites (tertiary alicyclic amines) is 1. The van der Waals surface area contributed by atoms with E-state index in [0.717, 1.165) is 26.1 Å². The molecule has 124 valence electrons. The quantitative estimate of drug-likeness (QED) is 0.757. The van der Waals surface area contributed by atoms with Crippen molar-refractivity contribution in [2.24, 2.45) is 5.41 Å². The van der Waals surface area contributed by atoms with Crippen LogP contribution in [0, 0.1) is 5.41 Å². The van der Waals surface area contributed by atoms with Crippen LogP contribution in [0.4, 0.5) is 0 Å². The Bertz CT molecular complexity index is 409. The first-order valence-corrected chi connectivity index (χ1v) is 9.14. The minimum atomic E-state index is -0.113. The minimum absolute atomic E-state index is 0.113. The maximum absolute atomic E-state index is 10.7. The Morgan fingerprint density at radius 1 is 1.09 bits per heavy atom. The van der Waals surface area contributed by atoms with E-state index in [-0.39, 0.29) is 11.5 Å². The van der Waals surface area contributed by atoms with E-state index in [2.05, 4.69) is 49.1 Å². The molecule has 1 N–H and O–H groups in total. The molecule has 1 saturated heterocycles. The van der Waals surface area contributed by atoms with Gasteiger partial charge in [-0.2, -0.15) is 0 Å². The van der Waals surface area contributed by atoms with Crippen LogP contribution >= 0.6 is 0 Å². The van der Waals surface area contributed by atoms with Gasteiger partial charge in [0.1, 0.15) is 0 Å². The number of unbranched alkanes of at least 4 members (excludes halogenated alkanes) is 2. The highest BCUT2D eigenvalue weighted by atomic mass is 16.3. The molecule has 1 aromatic carbocycles. The molecule has 1 unspecified atom stereocenters. The van der Waals surface area contributed by atoms with Crippen molar-refractivity contribution >= 4 is 0 Å². The molecule has 2 nitrogen and oxygen atoms in total. The molecule has 0 radical (unpaired) electrons. The first kappa shape index (κ1) is 17.5. The molecular weight excluding hydrogens is 270 g/mol. The maximum Gasteiger partial charge on any atom is 0.0620 e. The molecule has 0 amide bonds. The molecule has 1 aromatic rings. The van der Waals surface area contributed by atoms with Gasteiger partial charge in [-0.15, -0.1) is 0 Å². The molecule has 1 aliphatic rings. The first-order chi connectivity index (χ1) is 10.7. The van der Waals surface area contributed by atoms with Crippen molar-refractivity contribution in [2.75, 3.05) is 13.1 Å². The molecule has 2 heteroatoms. The average Bonchev–Trinajstić information content (AvgIpc) is 2.55. The van der Waals surface area contributed by atoms with E-state index >= 15 is 0 Å². The number of piperidine rings is 1. The van der Waals surface area contributed by atoms with Crippen molar-refractivity contribution in [2.45, 2.75) is 71.4 Å². The van der Waals surface area contributed by atoms with Gasteiger partial charge in [-0.1, -0.05) is 69.9 Å². The maximum atomic E-state index is 10.7. The molecule has 0 spiro atoms. The van der Waals surface area contributed by atoms with Crippen LogP contribution in [0.15, 0.2) is 30.3 Å². The van der Waals surface area contributed by atoms with Crippen LogP contribution in [0.2, 0.25) is 0 Å². The highest BCUT2D eigenvalue weighted by Crippen LogP contribution is 2.40. The van der Waals surface area contributed by atoms with E-state index in [1.165, 1.54) is 44.1 Å². The molecule has 0 aromatic heterocycles. The normalized spacial score (nSPS) is 21.9. The van der Waals surface area contributed by atoms with Crippen LogP contribution in [-0.4, -0.2) is 29.2 Å². The van der Waals surface area contributed by atoms with Crippen molar-refractivity contribution in [1.29, 1.82) is 0 Å². The highest BCUT2D eigenvalue weighted by molar-refractivity contribution is 5.14. The van der Waals surface area contributed by atoms with Crippen LogP contribution in [0.5, 0.6) is 0 Å². The summed E-state index contributed by atoms with van der Waals surface area (Å²) in [5.74, 6) is 0. The molecule has 22 heavy (non-hydrogen) atoms. The number of aliphatic hydroxyl groups excluding tert-OH is 1. The van der Waals surface area contributed by atoms with Crippen LogP contribution in [0.3, 0.4) is 0 Å². The predicted molar refractivity (Wildman–Crippen MR) is 93.8 cm³/mol. The Hall–Kier alpha value is -0.860. The standard InChI is InChI=1S/C20H33NO/c1-3-5-13-20(14-6-4-2)17-21(15-12-19(20)22)16-18-10-8-7-9-11-18/h7-11,19,22H,3-6,12-17H2,1-2H3. The van der Waals surface area contributed by atoms with Gasteiger partial charge in [0.2, 0.25) is 0 Å². The van der Waals surface area contributed by atoms with Crippen molar-refractivity contribution in [3.8, 4) is 0 Å². The number of aliphatic hydroxyl groups is 1. The van der Waals surface area contributed by atoms with Gasteiger partial charge in [0.25, 0.3) is 0 Å². The number of rotatable bonds is 8. The SMILES string of the molecule is CCCCC1(CCCC)CN(Cc2ccccc2)CCC1O. The summed E-state index contributed by atoms with van der Waals surface area (Å²) >= 11 is 0. The van der Waals surface area contributed by atoms with Crippen LogP contribution in [0.1, 0.15) is 64.4 Å². The van der Waals surface area contributed by atoms with Gasteiger partial charge < -0.3 is 5.11 Å². The van der Waals surface area contributed by atoms with Crippen molar-refractivity contribution in [3.63, 3.8) is 0 Å². The molecule has 0 bridgehead atoms. The third-order valence-corrected chi connectivity index (χ3v) is 5.27. The van der Waals surface area contributed by atoms with Crippen LogP contribution in [0.25, 0.3) is 0 Å². The van der Waals surface area contributed by atoms with E-state index in [0.29, 0.717) is 0 Å². The lowest BCUT2D eigenvalue weighted by atomic mass is 9.70. The smallest absolute Gasteiger partial charge is 0.0620 e. The van der Waals surface area contributed by atoms with E-state index in [4.69, 9.17) is 0 Å². The number of hydrogen-bond donors (Lipinski definition) is 1. The van der Waals surface area contributed by atoms with Crippen molar-refractivity contribution < 1.29 is 5.11 Å². The fraction of sp³-hybridized carbons (Fsp3) is 0.700. The molecule has 1 fully saturated rings. The van der Waals surface area contributed by atoms with Gasteiger partial charge in [-0.3, -0.25) is 4.90 Å². The van der Waals surface area contributed by atoms with E-state index in [9.17, 15) is 5.11 Å². The second-order valence-electron chi connectivity index (χ2n) is 7.07. The summed E-state index contributed by atoms with van der Waals surface area (Å²) in [6.45, 7) is 7.61. The minimum Gasteiger partial charge on any atom is -0.392 e. The van der Waals surface area contributed by atoms with Crippen LogP contribution in [-0.2, 0) is 6.54 Å². The van der Waals surface area contributed by atoms with Crippen molar-refractivity contribution in [1.82, 2.24) is 4.90 Å². The number of benzene rings is 1. The number of hydrogen-bond acceptors (Lipinski definition) is 2. The first-order valence-electron chi connectivity index (χ1n) is 9.14. The van der Waals surface area contributed by atoms with Crippen LogP contribution < -0.4 is 0 Å². The summed E-state index contributed by atoms with van der Waals surface area (Å²) in [7, 11) is 0. The van der Waals surface area contributed by atoms with Gasteiger partial charge in [-0.05, 0) is 24.8 Å². The zero-order valence-electron chi connectivity index (χ0n) is 14.4. The molecule has 0 saturated carbocycles. The largest absolute Gasteiger partial charge is 0.392 e. The van der Waals surface area contributed by atoms with Crippen molar-refractivity contribution in [3.05, 3.63) is 35.9 Å². The average molecular weight is 303 g/mol. The lowest BCUT2D eigenvalue weighted by molar-refractivity contribution is -0.0610. The second-order valence-corrected chi connectivity index (χ2v) is 7.07. The van der Waals surface area contributed by atoms with E-state index in [1.54, 1.807) is 0 Å². The summed E-state index contributed by atoms with van der Waals surface area (Å²) in [6.07, 6.45) is 8.09. The monoisotopic (exact) mass is 303 g/mol. The Balaban J connectivity index is 2.05. The van der Waals surface area contributed by atoms with Gasteiger partial charge >= 0.3 is 0 Å². The summed E-state index contributed by atoms with van der Waals surface area (Å²) in [4.78, 5) is 2.56. The van der Waals surface area contributed by atoms with Gasteiger partial charge in [0.15, 0.2) is 0 Å². The summed E-state index contributed by atoms with van der Waals surface area (Å²) in [6, 6.07) is 10.7. The van der Waals surface area contributed by atoms with Gasteiger partial charge in [0, 0.05) is 25.0 Å². The van der Waals surface area contributed by atoms with E-state index < -0.39 is 0 Å². The molecule has 0 aliphatic carbocycles. The molecule has 1 atom stereocenters. The topological polar surface area (TPSA) is 23.5 Å².